The Bertz CT molecular complexity index is 969. The molecular formula is C18H17FN2OS. The Kier molecular flexibility index (Phi) is 4.13. The van der Waals surface area contributed by atoms with Gasteiger partial charge in [0.1, 0.15) is 5.82 Å². The Morgan fingerprint density at radius 1 is 1.22 bits per heavy atom. The average Bonchev–Trinajstić information content (AvgIpc) is 2.82. The van der Waals surface area contributed by atoms with Crippen molar-refractivity contribution in [3.05, 3.63) is 63.7 Å². The number of carbonyl (C=O) groups is 1. The van der Waals surface area contributed by atoms with E-state index >= 15 is 0 Å². The van der Waals surface area contributed by atoms with Crippen LogP contribution in [0.5, 0.6) is 0 Å². The number of hydrogen-bond acceptors (Lipinski definition) is 2. The number of benzene rings is 2. The lowest BCUT2D eigenvalue weighted by molar-refractivity contribution is 0.0997. The Morgan fingerprint density at radius 2 is 2.00 bits per heavy atom. The van der Waals surface area contributed by atoms with Gasteiger partial charge in [-0.25, -0.2) is 4.39 Å². The highest BCUT2D eigenvalue weighted by molar-refractivity contribution is 7.16. The van der Waals surface area contributed by atoms with Crippen LogP contribution in [0.25, 0.3) is 10.2 Å². The van der Waals surface area contributed by atoms with Crippen molar-refractivity contribution in [1.82, 2.24) is 4.57 Å². The van der Waals surface area contributed by atoms with Crippen LogP contribution in [-0.4, -0.2) is 10.5 Å². The molecule has 0 aliphatic carbocycles. The van der Waals surface area contributed by atoms with E-state index in [4.69, 9.17) is 0 Å². The first-order valence-electron chi connectivity index (χ1n) is 7.45. The van der Waals surface area contributed by atoms with Crippen LogP contribution in [0.1, 0.15) is 28.4 Å². The van der Waals surface area contributed by atoms with Crippen LogP contribution in [-0.2, 0) is 6.54 Å². The standard InChI is InChI=1S/C18H17FN2OS/c1-4-21-15-8-6-13(19)10-16(15)23-18(21)20-17(22)14-7-5-11(2)9-12(14)3/h5-10H,4H2,1-3H3. The lowest BCUT2D eigenvalue weighted by Gasteiger charge is -2.03. The lowest BCUT2D eigenvalue weighted by Crippen LogP contribution is -2.16. The molecule has 3 aromatic rings. The minimum atomic E-state index is -0.283. The third-order valence-corrected chi connectivity index (χ3v) is 4.81. The fraction of sp³-hybridized carbons (Fsp3) is 0.222. The van der Waals surface area contributed by atoms with E-state index in [-0.39, 0.29) is 11.7 Å². The molecule has 0 saturated carbocycles. The Hall–Kier alpha value is -2.27. The summed E-state index contributed by atoms with van der Waals surface area (Å²) in [5.74, 6) is -0.550. The molecule has 0 saturated heterocycles. The van der Waals surface area contributed by atoms with Gasteiger partial charge < -0.3 is 4.57 Å². The fourth-order valence-corrected chi connectivity index (χ4v) is 3.76. The van der Waals surface area contributed by atoms with Gasteiger partial charge in [0.15, 0.2) is 4.80 Å². The molecule has 3 rings (SSSR count). The first-order valence-corrected chi connectivity index (χ1v) is 8.26. The van der Waals surface area contributed by atoms with E-state index in [2.05, 4.69) is 4.99 Å². The van der Waals surface area contributed by atoms with E-state index in [0.29, 0.717) is 16.9 Å². The summed E-state index contributed by atoms with van der Waals surface area (Å²) in [7, 11) is 0. The topological polar surface area (TPSA) is 34.4 Å². The second kappa shape index (κ2) is 6.08. The van der Waals surface area contributed by atoms with Crippen LogP contribution < -0.4 is 4.80 Å². The predicted octanol–water partition coefficient (Wildman–Crippen LogP) is 4.22. The van der Waals surface area contributed by atoms with Crippen molar-refractivity contribution in [2.45, 2.75) is 27.3 Å². The fourth-order valence-electron chi connectivity index (χ4n) is 2.64. The van der Waals surface area contributed by atoms with Gasteiger partial charge in [-0.2, -0.15) is 4.99 Å². The highest BCUT2D eigenvalue weighted by atomic mass is 32.1. The molecule has 0 fully saturated rings. The molecule has 0 atom stereocenters. The quantitative estimate of drug-likeness (QED) is 0.693. The van der Waals surface area contributed by atoms with Crippen LogP contribution in [0.3, 0.4) is 0 Å². The summed E-state index contributed by atoms with van der Waals surface area (Å²) in [6.07, 6.45) is 0. The van der Waals surface area contributed by atoms with Gasteiger partial charge in [-0.3, -0.25) is 4.79 Å². The third kappa shape index (κ3) is 2.97. The molecule has 1 heterocycles. The van der Waals surface area contributed by atoms with Gasteiger partial charge in [0, 0.05) is 12.1 Å². The zero-order valence-corrected chi connectivity index (χ0v) is 14.1. The van der Waals surface area contributed by atoms with Gasteiger partial charge >= 0.3 is 0 Å². The zero-order valence-electron chi connectivity index (χ0n) is 13.3. The molecular weight excluding hydrogens is 311 g/mol. The van der Waals surface area contributed by atoms with Crippen LogP contribution in [0.15, 0.2) is 41.4 Å². The van der Waals surface area contributed by atoms with Gasteiger partial charge in [0.05, 0.1) is 10.2 Å². The summed E-state index contributed by atoms with van der Waals surface area (Å²) in [5, 5.41) is 0. The summed E-state index contributed by atoms with van der Waals surface area (Å²) in [5.41, 5.74) is 3.52. The summed E-state index contributed by atoms with van der Waals surface area (Å²) in [6.45, 7) is 6.55. The van der Waals surface area contributed by atoms with E-state index in [9.17, 15) is 9.18 Å². The average molecular weight is 328 g/mol. The van der Waals surface area contributed by atoms with E-state index in [1.807, 2.05) is 37.5 Å². The maximum Gasteiger partial charge on any atom is 0.279 e. The highest BCUT2D eigenvalue weighted by Crippen LogP contribution is 2.19. The number of rotatable bonds is 2. The summed E-state index contributed by atoms with van der Waals surface area (Å²) < 4.78 is 16.1. The van der Waals surface area contributed by atoms with Gasteiger partial charge in [0.2, 0.25) is 0 Å². The molecule has 23 heavy (non-hydrogen) atoms. The molecule has 0 radical (unpaired) electrons. The third-order valence-electron chi connectivity index (χ3n) is 3.77. The normalized spacial score (nSPS) is 12.1. The van der Waals surface area contributed by atoms with Gasteiger partial charge in [0.25, 0.3) is 5.91 Å². The van der Waals surface area contributed by atoms with Crippen LogP contribution in [0.4, 0.5) is 4.39 Å². The smallest absolute Gasteiger partial charge is 0.279 e. The second-order valence-electron chi connectivity index (χ2n) is 5.48. The molecule has 118 valence electrons. The lowest BCUT2D eigenvalue weighted by atomic mass is 10.1. The van der Waals surface area contributed by atoms with Crippen molar-refractivity contribution in [3.8, 4) is 0 Å². The van der Waals surface area contributed by atoms with E-state index in [1.54, 1.807) is 12.1 Å². The molecule has 3 nitrogen and oxygen atoms in total. The first-order chi connectivity index (χ1) is 11.0. The molecule has 1 aromatic heterocycles. The largest absolute Gasteiger partial charge is 0.317 e. The zero-order chi connectivity index (χ0) is 16.6. The van der Waals surface area contributed by atoms with Crippen molar-refractivity contribution >= 4 is 27.5 Å². The van der Waals surface area contributed by atoms with E-state index in [0.717, 1.165) is 21.3 Å². The van der Waals surface area contributed by atoms with Crippen molar-refractivity contribution in [2.75, 3.05) is 0 Å². The van der Waals surface area contributed by atoms with Crippen molar-refractivity contribution in [3.63, 3.8) is 0 Å². The van der Waals surface area contributed by atoms with Crippen LogP contribution >= 0.6 is 11.3 Å². The predicted molar refractivity (Wildman–Crippen MR) is 91.3 cm³/mol. The number of halogens is 1. The monoisotopic (exact) mass is 328 g/mol. The number of carbonyl (C=O) groups excluding carboxylic acids is 1. The molecule has 0 aliphatic rings. The highest BCUT2D eigenvalue weighted by Gasteiger charge is 2.11. The molecule has 0 bridgehead atoms. The number of thiazole rings is 1. The van der Waals surface area contributed by atoms with Crippen LogP contribution in [0.2, 0.25) is 0 Å². The van der Waals surface area contributed by atoms with Crippen molar-refractivity contribution in [1.29, 1.82) is 0 Å². The maximum absolute atomic E-state index is 13.4. The molecule has 0 aliphatic heterocycles. The van der Waals surface area contributed by atoms with Crippen molar-refractivity contribution in [2.24, 2.45) is 4.99 Å². The molecule has 2 aromatic carbocycles. The number of aryl methyl sites for hydroxylation is 3. The summed E-state index contributed by atoms with van der Waals surface area (Å²) in [4.78, 5) is 17.4. The Balaban J connectivity index is 2.15. The number of aromatic nitrogens is 1. The van der Waals surface area contributed by atoms with Gasteiger partial charge in [-0.15, -0.1) is 0 Å². The van der Waals surface area contributed by atoms with E-state index < -0.39 is 0 Å². The number of nitrogens with zero attached hydrogens (tertiary/aromatic N) is 2. The number of fused-ring (bicyclic) bond motifs is 1. The SMILES string of the molecule is CCn1c(=NC(=O)c2ccc(C)cc2C)sc2cc(F)ccc21. The Labute approximate surface area is 137 Å². The Morgan fingerprint density at radius 3 is 2.70 bits per heavy atom. The van der Waals surface area contributed by atoms with E-state index in [1.165, 1.54) is 23.5 Å². The van der Waals surface area contributed by atoms with Gasteiger partial charge in [-0.05, 0) is 50.6 Å². The molecule has 5 heteroatoms. The summed E-state index contributed by atoms with van der Waals surface area (Å²) in [6, 6.07) is 10.3. The number of hydrogen-bond donors (Lipinski definition) is 0. The van der Waals surface area contributed by atoms with Crippen molar-refractivity contribution < 1.29 is 9.18 Å². The summed E-state index contributed by atoms with van der Waals surface area (Å²) >= 11 is 1.33. The molecule has 1 amide bonds. The maximum atomic E-state index is 13.4. The number of amides is 1. The van der Waals surface area contributed by atoms with Crippen LogP contribution in [0, 0.1) is 19.7 Å². The minimum Gasteiger partial charge on any atom is -0.317 e. The van der Waals surface area contributed by atoms with Gasteiger partial charge in [-0.1, -0.05) is 29.0 Å². The molecule has 0 N–H and O–H groups in total. The second-order valence-corrected chi connectivity index (χ2v) is 6.49. The molecule has 0 spiro atoms. The minimum absolute atomic E-state index is 0.267. The molecule has 0 unspecified atom stereocenters. The first kappa shape index (κ1) is 15.6.